The number of allylic oxidation sites excluding steroid dienone is 2. The first-order chi connectivity index (χ1) is 9.97. The highest BCUT2D eigenvalue weighted by Gasteiger charge is 2.25. The van der Waals surface area contributed by atoms with Gasteiger partial charge in [-0.3, -0.25) is 0 Å². The number of carboxylic acids is 1. The summed E-state index contributed by atoms with van der Waals surface area (Å²) < 4.78 is 16.5. The summed E-state index contributed by atoms with van der Waals surface area (Å²) in [7, 11) is 7.09. The highest BCUT2D eigenvalue weighted by molar-refractivity contribution is 5.80. The van der Waals surface area contributed by atoms with Crippen LogP contribution < -0.4 is 0 Å². The van der Waals surface area contributed by atoms with Crippen molar-refractivity contribution < 1.29 is 24.1 Å². The number of carboxylic acid groups (broad SMARTS) is 1. The fourth-order valence-electron chi connectivity index (χ4n) is 1.91. The third-order valence-corrected chi connectivity index (χ3v) is 3.01. The Morgan fingerprint density at radius 1 is 1.48 bits per heavy atom. The zero-order valence-corrected chi connectivity index (χ0v) is 13.0. The van der Waals surface area contributed by atoms with Crippen molar-refractivity contribution in [2.45, 2.75) is 12.5 Å². The summed E-state index contributed by atoms with van der Waals surface area (Å²) in [5.41, 5.74) is 0.820. The van der Waals surface area contributed by atoms with Gasteiger partial charge in [0.1, 0.15) is 12.7 Å². The number of likely N-dealkylation sites (N-methyl/N-ethyl adjacent to an activating group) is 1. The van der Waals surface area contributed by atoms with Gasteiger partial charge in [0.2, 0.25) is 0 Å². The smallest absolute Gasteiger partial charge is 0.328 e. The van der Waals surface area contributed by atoms with Crippen LogP contribution in [0.5, 0.6) is 0 Å². The quantitative estimate of drug-likeness (QED) is 0.683. The van der Waals surface area contributed by atoms with E-state index in [1.807, 2.05) is 19.0 Å². The Hall–Kier alpha value is -1.79. The normalized spacial score (nSPS) is 19.1. The van der Waals surface area contributed by atoms with Crippen LogP contribution in [-0.2, 0) is 19.0 Å². The SMILES string of the molecule is COC1=C(OCCN(C)C)C(OC)CC(/C=C/C(=O)O)=C1. The van der Waals surface area contributed by atoms with E-state index in [2.05, 4.69) is 0 Å². The van der Waals surface area contributed by atoms with Crippen LogP contribution in [0.3, 0.4) is 0 Å². The molecular formula is C15H23NO5. The van der Waals surface area contributed by atoms with E-state index in [0.29, 0.717) is 24.5 Å². The zero-order valence-electron chi connectivity index (χ0n) is 13.0. The van der Waals surface area contributed by atoms with Crippen LogP contribution >= 0.6 is 0 Å². The second kappa shape index (κ2) is 8.49. The van der Waals surface area contributed by atoms with E-state index in [0.717, 1.165) is 18.2 Å². The van der Waals surface area contributed by atoms with Gasteiger partial charge in [0.15, 0.2) is 11.5 Å². The molecule has 1 aliphatic rings. The van der Waals surface area contributed by atoms with Crippen molar-refractivity contribution in [2.24, 2.45) is 0 Å². The molecule has 0 aliphatic heterocycles. The highest BCUT2D eigenvalue weighted by Crippen LogP contribution is 2.28. The van der Waals surface area contributed by atoms with E-state index >= 15 is 0 Å². The summed E-state index contributed by atoms with van der Waals surface area (Å²) in [5, 5.41) is 8.69. The number of carbonyl (C=O) groups is 1. The fraction of sp³-hybridized carbons (Fsp3) is 0.533. The summed E-state index contributed by atoms with van der Waals surface area (Å²) in [6.45, 7) is 1.32. The highest BCUT2D eigenvalue weighted by atomic mass is 16.5. The molecule has 0 heterocycles. The predicted molar refractivity (Wildman–Crippen MR) is 78.8 cm³/mol. The Morgan fingerprint density at radius 2 is 2.19 bits per heavy atom. The van der Waals surface area contributed by atoms with Crippen molar-refractivity contribution in [1.29, 1.82) is 0 Å². The Morgan fingerprint density at radius 3 is 2.71 bits per heavy atom. The number of nitrogens with zero attached hydrogens (tertiary/aromatic N) is 1. The standard InChI is InChI=1S/C15H23NO5/c1-16(2)7-8-21-15-12(19-3)9-11(5-6-14(17)18)10-13(15)20-4/h5-6,9,13H,7-8,10H2,1-4H3,(H,17,18)/b6-5+. The molecule has 0 aromatic rings. The molecule has 6 nitrogen and oxygen atoms in total. The third kappa shape index (κ3) is 5.61. The molecule has 1 unspecified atom stereocenters. The molecule has 1 aliphatic carbocycles. The second-order valence-corrected chi connectivity index (χ2v) is 4.90. The number of hydrogen-bond acceptors (Lipinski definition) is 5. The van der Waals surface area contributed by atoms with Crippen molar-refractivity contribution in [2.75, 3.05) is 41.5 Å². The monoisotopic (exact) mass is 297 g/mol. The average molecular weight is 297 g/mol. The predicted octanol–water partition coefficient (Wildman–Crippen LogP) is 1.41. The molecule has 0 radical (unpaired) electrons. The van der Waals surface area contributed by atoms with Gasteiger partial charge in [-0.15, -0.1) is 0 Å². The molecule has 0 spiro atoms. The van der Waals surface area contributed by atoms with Gasteiger partial charge in [-0.05, 0) is 25.7 Å². The zero-order chi connectivity index (χ0) is 15.8. The van der Waals surface area contributed by atoms with E-state index in [9.17, 15) is 4.79 Å². The van der Waals surface area contributed by atoms with Crippen molar-refractivity contribution in [3.8, 4) is 0 Å². The lowest BCUT2D eigenvalue weighted by atomic mass is 9.99. The van der Waals surface area contributed by atoms with E-state index in [-0.39, 0.29) is 6.10 Å². The van der Waals surface area contributed by atoms with Crippen molar-refractivity contribution >= 4 is 5.97 Å². The van der Waals surface area contributed by atoms with Crippen LogP contribution in [-0.4, -0.2) is 63.5 Å². The lowest BCUT2D eigenvalue weighted by Gasteiger charge is -2.26. The lowest BCUT2D eigenvalue weighted by Crippen LogP contribution is -2.25. The molecule has 0 fully saturated rings. The minimum absolute atomic E-state index is 0.277. The molecular weight excluding hydrogens is 274 g/mol. The van der Waals surface area contributed by atoms with E-state index < -0.39 is 5.97 Å². The first-order valence-corrected chi connectivity index (χ1v) is 6.68. The van der Waals surface area contributed by atoms with Crippen LogP contribution in [0.4, 0.5) is 0 Å². The van der Waals surface area contributed by atoms with Gasteiger partial charge in [-0.25, -0.2) is 4.79 Å². The molecule has 0 bridgehead atoms. The summed E-state index contributed by atoms with van der Waals surface area (Å²) in [4.78, 5) is 12.6. The van der Waals surface area contributed by atoms with Crippen LogP contribution in [0, 0.1) is 0 Å². The second-order valence-electron chi connectivity index (χ2n) is 4.90. The van der Waals surface area contributed by atoms with E-state index in [1.165, 1.54) is 0 Å². The molecule has 0 aromatic carbocycles. The maximum atomic E-state index is 10.6. The number of ether oxygens (including phenoxy) is 3. The summed E-state index contributed by atoms with van der Waals surface area (Å²) in [5.74, 6) is 0.229. The molecule has 0 saturated heterocycles. The van der Waals surface area contributed by atoms with Crippen molar-refractivity contribution in [1.82, 2.24) is 4.90 Å². The summed E-state index contributed by atoms with van der Waals surface area (Å²) in [6.07, 6.45) is 4.69. The number of rotatable bonds is 8. The van der Waals surface area contributed by atoms with Crippen molar-refractivity contribution in [3.05, 3.63) is 35.3 Å². The largest absolute Gasteiger partial charge is 0.493 e. The number of hydrogen-bond donors (Lipinski definition) is 1. The molecule has 118 valence electrons. The molecule has 0 amide bonds. The van der Waals surface area contributed by atoms with Crippen molar-refractivity contribution in [3.63, 3.8) is 0 Å². The molecule has 1 atom stereocenters. The Kier molecular flexibility index (Phi) is 6.98. The Labute approximate surface area is 125 Å². The Balaban J connectivity index is 2.90. The van der Waals surface area contributed by atoms with Crippen LogP contribution in [0.25, 0.3) is 0 Å². The van der Waals surface area contributed by atoms with Crippen LogP contribution in [0.15, 0.2) is 35.3 Å². The molecule has 6 heteroatoms. The topological polar surface area (TPSA) is 68.2 Å². The first-order valence-electron chi connectivity index (χ1n) is 6.68. The van der Waals surface area contributed by atoms with Gasteiger partial charge in [-0.2, -0.15) is 0 Å². The Bertz CT molecular complexity index is 451. The summed E-state index contributed by atoms with van der Waals surface area (Å²) >= 11 is 0. The average Bonchev–Trinajstić information content (AvgIpc) is 2.44. The first kappa shape index (κ1) is 17.3. The minimum atomic E-state index is -0.985. The molecule has 21 heavy (non-hydrogen) atoms. The van der Waals surface area contributed by atoms with Gasteiger partial charge in [0, 0.05) is 26.2 Å². The van der Waals surface area contributed by atoms with Gasteiger partial charge in [-0.1, -0.05) is 6.08 Å². The van der Waals surface area contributed by atoms with Gasteiger partial charge >= 0.3 is 5.97 Å². The van der Waals surface area contributed by atoms with Crippen LogP contribution in [0.2, 0.25) is 0 Å². The minimum Gasteiger partial charge on any atom is -0.493 e. The molecule has 0 aromatic heterocycles. The van der Waals surface area contributed by atoms with Gasteiger partial charge in [0.25, 0.3) is 0 Å². The molecule has 1 rings (SSSR count). The van der Waals surface area contributed by atoms with Crippen LogP contribution in [0.1, 0.15) is 6.42 Å². The third-order valence-electron chi connectivity index (χ3n) is 3.01. The maximum absolute atomic E-state index is 10.6. The summed E-state index contributed by atoms with van der Waals surface area (Å²) in [6, 6.07) is 0. The van der Waals surface area contributed by atoms with E-state index in [1.54, 1.807) is 26.4 Å². The lowest BCUT2D eigenvalue weighted by molar-refractivity contribution is -0.131. The van der Waals surface area contributed by atoms with E-state index in [4.69, 9.17) is 19.3 Å². The molecule has 0 saturated carbocycles. The number of methoxy groups -OCH3 is 2. The number of aliphatic carboxylic acids is 1. The maximum Gasteiger partial charge on any atom is 0.328 e. The fourth-order valence-corrected chi connectivity index (χ4v) is 1.91. The van der Waals surface area contributed by atoms with Gasteiger partial charge in [0.05, 0.1) is 7.11 Å². The molecule has 1 N–H and O–H groups in total. The van der Waals surface area contributed by atoms with Gasteiger partial charge < -0.3 is 24.2 Å².